The minimum atomic E-state index is 0.277. The van der Waals surface area contributed by atoms with Crippen LogP contribution in [0.5, 0.6) is 0 Å². The lowest BCUT2D eigenvalue weighted by Crippen LogP contribution is -2.31. The van der Waals surface area contributed by atoms with Crippen molar-refractivity contribution >= 4 is 0 Å². The molecule has 4 heteroatoms. The monoisotopic (exact) mass is 222 g/mol. The SMILES string of the molecule is CCn1ncnc1CC1(CN)CCC(C)C1. The molecule has 16 heavy (non-hydrogen) atoms. The van der Waals surface area contributed by atoms with Gasteiger partial charge in [-0.3, -0.25) is 4.68 Å². The predicted octanol–water partition coefficient (Wildman–Crippen LogP) is 1.61. The molecule has 0 spiro atoms. The van der Waals surface area contributed by atoms with E-state index < -0.39 is 0 Å². The molecule has 0 aliphatic heterocycles. The molecule has 0 radical (unpaired) electrons. The molecule has 4 nitrogen and oxygen atoms in total. The second-order valence-corrected chi connectivity index (χ2v) is 5.22. The molecule has 90 valence electrons. The Labute approximate surface area is 97.2 Å². The maximum absolute atomic E-state index is 5.98. The zero-order valence-corrected chi connectivity index (χ0v) is 10.3. The molecule has 1 heterocycles. The van der Waals surface area contributed by atoms with Crippen LogP contribution in [-0.2, 0) is 13.0 Å². The number of rotatable bonds is 4. The molecule has 0 saturated heterocycles. The molecule has 1 aromatic heterocycles. The highest BCUT2D eigenvalue weighted by Crippen LogP contribution is 2.42. The van der Waals surface area contributed by atoms with Gasteiger partial charge in [0.25, 0.3) is 0 Å². The Morgan fingerprint density at radius 1 is 1.62 bits per heavy atom. The highest BCUT2D eigenvalue weighted by atomic mass is 15.3. The van der Waals surface area contributed by atoms with Gasteiger partial charge in [0, 0.05) is 13.0 Å². The summed E-state index contributed by atoms with van der Waals surface area (Å²) in [7, 11) is 0. The van der Waals surface area contributed by atoms with Crippen molar-refractivity contribution in [3.8, 4) is 0 Å². The number of nitrogens with two attached hydrogens (primary N) is 1. The summed E-state index contributed by atoms with van der Waals surface area (Å²) in [5.41, 5.74) is 6.26. The zero-order chi connectivity index (χ0) is 11.6. The highest BCUT2D eigenvalue weighted by molar-refractivity contribution is 4.98. The van der Waals surface area contributed by atoms with Gasteiger partial charge in [0.05, 0.1) is 0 Å². The van der Waals surface area contributed by atoms with Gasteiger partial charge in [-0.2, -0.15) is 5.10 Å². The second-order valence-electron chi connectivity index (χ2n) is 5.22. The fraction of sp³-hybridized carbons (Fsp3) is 0.833. The summed E-state index contributed by atoms with van der Waals surface area (Å²) in [5.74, 6) is 1.91. The van der Waals surface area contributed by atoms with Crippen LogP contribution in [0.1, 0.15) is 38.9 Å². The van der Waals surface area contributed by atoms with E-state index in [2.05, 4.69) is 23.9 Å². The molecule has 2 atom stereocenters. The molecule has 0 bridgehead atoms. The van der Waals surface area contributed by atoms with Gasteiger partial charge in [-0.15, -0.1) is 0 Å². The Hall–Kier alpha value is -0.900. The molecule has 0 amide bonds. The predicted molar refractivity (Wildman–Crippen MR) is 63.9 cm³/mol. The van der Waals surface area contributed by atoms with Gasteiger partial charge in [-0.1, -0.05) is 13.3 Å². The van der Waals surface area contributed by atoms with E-state index >= 15 is 0 Å². The first kappa shape index (κ1) is 11.6. The second kappa shape index (κ2) is 4.53. The maximum Gasteiger partial charge on any atom is 0.138 e. The first-order valence-electron chi connectivity index (χ1n) is 6.26. The van der Waals surface area contributed by atoms with Crippen molar-refractivity contribution in [2.75, 3.05) is 6.54 Å². The van der Waals surface area contributed by atoms with Crippen molar-refractivity contribution < 1.29 is 0 Å². The molecule has 2 N–H and O–H groups in total. The van der Waals surface area contributed by atoms with E-state index in [4.69, 9.17) is 5.73 Å². The van der Waals surface area contributed by atoms with E-state index in [1.807, 2.05) is 4.68 Å². The Morgan fingerprint density at radius 3 is 3.00 bits per heavy atom. The number of nitrogens with zero attached hydrogens (tertiary/aromatic N) is 3. The number of aromatic nitrogens is 3. The van der Waals surface area contributed by atoms with Gasteiger partial charge in [0.2, 0.25) is 0 Å². The first-order chi connectivity index (χ1) is 7.69. The number of hydrogen-bond acceptors (Lipinski definition) is 3. The summed E-state index contributed by atoms with van der Waals surface area (Å²) in [6, 6.07) is 0. The van der Waals surface area contributed by atoms with Crippen LogP contribution in [0.4, 0.5) is 0 Å². The lowest BCUT2D eigenvalue weighted by Gasteiger charge is -2.27. The molecular formula is C12H22N4. The lowest BCUT2D eigenvalue weighted by atomic mass is 9.82. The van der Waals surface area contributed by atoms with E-state index in [0.29, 0.717) is 0 Å². The average Bonchev–Trinajstić information content (AvgIpc) is 2.86. The van der Waals surface area contributed by atoms with Crippen LogP contribution >= 0.6 is 0 Å². The Morgan fingerprint density at radius 2 is 2.44 bits per heavy atom. The van der Waals surface area contributed by atoms with E-state index in [0.717, 1.165) is 31.3 Å². The van der Waals surface area contributed by atoms with Gasteiger partial charge >= 0.3 is 0 Å². The molecule has 1 aromatic rings. The highest BCUT2D eigenvalue weighted by Gasteiger charge is 2.37. The smallest absolute Gasteiger partial charge is 0.138 e. The van der Waals surface area contributed by atoms with Gasteiger partial charge < -0.3 is 5.73 Å². The molecule has 0 aromatic carbocycles. The Balaban J connectivity index is 2.13. The Kier molecular flexibility index (Phi) is 3.28. The molecular weight excluding hydrogens is 200 g/mol. The van der Waals surface area contributed by atoms with Crippen LogP contribution in [0.3, 0.4) is 0 Å². The van der Waals surface area contributed by atoms with Crippen LogP contribution in [0, 0.1) is 11.3 Å². The fourth-order valence-electron chi connectivity index (χ4n) is 2.94. The Bertz CT molecular complexity index is 347. The van der Waals surface area contributed by atoms with Crippen molar-refractivity contribution in [2.45, 2.75) is 46.1 Å². The van der Waals surface area contributed by atoms with E-state index in [1.165, 1.54) is 19.3 Å². The largest absolute Gasteiger partial charge is 0.330 e. The third kappa shape index (κ3) is 2.12. The number of hydrogen-bond donors (Lipinski definition) is 1. The van der Waals surface area contributed by atoms with Gasteiger partial charge in [-0.25, -0.2) is 4.98 Å². The molecule has 1 aliphatic rings. The van der Waals surface area contributed by atoms with Crippen LogP contribution in [0.15, 0.2) is 6.33 Å². The summed E-state index contributed by atoms with van der Waals surface area (Å²) in [6.45, 7) is 6.09. The van der Waals surface area contributed by atoms with E-state index in [9.17, 15) is 0 Å². The van der Waals surface area contributed by atoms with E-state index in [-0.39, 0.29) is 5.41 Å². The third-order valence-electron chi connectivity index (χ3n) is 3.91. The molecule has 1 saturated carbocycles. The molecule has 2 unspecified atom stereocenters. The van der Waals surface area contributed by atoms with Gasteiger partial charge in [0.15, 0.2) is 0 Å². The molecule has 2 rings (SSSR count). The van der Waals surface area contributed by atoms with Crippen molar-refractivity contribution in [3.05, 3.63) is 12.2 Å². The van der Waals surface area contributed by atoms with Gasteiger partial charge in [0.1, 0.15) is 12.2 Å². The summed E-state index contributed by atoms with van der Waals surface area (Å²) >= 11 is 0. The zero-order valence-electron chi connectivity index (χ0n) is 10.3. The molecule has 1 aliphatic carbocycles. The summed E-state index contributed by atoms with van der Waals surface area (Å²) in [4.78, 5) is 4.36. The fourth-order valence-corrected chi connectivity index (χ4v) is 2.94. The first-order valence-corrected chi connectivity index (χ1v) is 6.26. The number of aryl methyl sites for hydroxylation is 1. The van der Waals surface area contributed by atoms with E-state index in [1.54, 1.807) is 6.33 Å². The van der Waals surface area contributed by atoms with Crippen LogP contribution < -0.4 is 5.73 Å². The maximum atomic E-state index is 5.98. The van der Waals surface area contributed by atoms with Crippen molar-refractivity contribution in [1.82, 2.24) is 14.8 Å². The summed E-state index contributed by atoms with van der Waals surface area (Å²) in [5, 5.41) is 4.23. The molecule has 1 fully saturated rings. The van der Waals surface area contributed by atoms with Crippen LogP contribution in [0.25, 0.3) is 0 Å². The quantitative estimate of drug-likeness (QED) is 0.842. The van der Waals surface area contributed by atoms with Gasteiger partial charge in [-0.05, 0) is 37.6 Å². The van der Waals surface area contributed by atoms with Crippen LogP contribution in [0.2, 0.25) is 0 Å². The summed E-state index contributed by atoms with van der Waals surface area (Å²) < 4.78 is 1.99. The lowest BCUT2D eigenvalue weighted by molar-refractivity contribution is 0.284. The topological polar surface area (TPSA) is 56.7 Å². The third-order valence-corrected chi connectivity index (χ3v) is 3.91. The average molecular weight is 222 g/mol. The standard InChI is InChI=1S/C12H22N4/c1-3-16-11(14-9-15-16)7-12(8-13)5-4-10(2)6-12/h9-10H,3-8,13H2,1-2H3. The van der Waals surface area contributed by atoms with Crippen molar-refractivity contribution in [3.63, 3.8) is 0 Å². The van der Waals surface area contributed by atoms with Crippen molar-refractivity contribution in [1.29, 1.82) is 0 Å². The summed E-state index contributed by atoms with van der Waals surface area (Å²) in [6.07, 6.45) is 6.42. The minimum Gasteiger partial charge on any atom is -0.330 e. The van der Waals surface area contributed by atoms with Crippen molar-refractivity contribution in [2.24, 2.45) is 17.1 Å². The minimum absolute atomic E-state index is 0.277. The van der Waals surface area contributed by atoms with Crippen LogP contribution in [-0.4, -0.2) is 21.3 Å². The normalized spacial score (nSPS) is 29.8.